The molecule has 0 heterocycles. The van der Waals surface area contributed by atoms with E-state index in [9.17, 15) is 0 Å². The molecule has 0 amide bonds. The fraction of sp³-hybridized carbons (Fsp3) is 0.455. The predicted molar refractivity (Wildman–Crippen MR) is 104 cm³/mol. The second kappa shape index (κ2) is 9.00. The summed E-state index contributed by atoms with van der Waals surface area (Å²) >= 11 is 0. The highest BCUT2D eigenvalue weighted by atomic mass is 15.0. The lowest BCUT2D eigenvalue weighted by molar-refractivity contribution is 0.303. The first-order valence-electron chi connectivity index (χ1n) is 9.06. The van der Waals surface area contributed by atoms with E-state index in [0.29, 0.717) is 12.1 Å². The normalized spacial score (nSPS) is 14.3. The first kappa shape index (κ1) is 18.7. The Hall–Kier alpha value is -1.64. The van der Waals surface area contributed by atoms with Crippen LogP contribution in [0.1, 0.15) is 57.7 Å². The van der Waals surface area contributed by atoms with E-state index >= 15 is 0 Å². The quantitative estimate of drug-likeness (QED) is 0.672. The Morgan fingerprint density at radius 1 is 0.875 bits per heavy atom. The molecule has 2 nitrogen and oxygen atoms in total. The molecule has 130 valence electrons. The van der Waals surface area contributed by atoms with Crippen molar-refractivity contribution in [3.63, 3.8) is 0 Å². The Labute approximate surface area is 147 Å². The molecule has 0 aromatic heterocycles. The Morgan fingerprint density at radius 2 is 1.46 bits per heavy atom. The lowest BCUT2D eigenvalue weighted by Gasteiger charge is -2.32. The Kier molecular flexibility index (Phi) is 7.01. The van der Waals surface area contributed by atoms with Gasteiger partial charge in [-0.2, -0.15) is 0 Å². The van der Waals surface area contributed by atoms with Crippen molar-refractivity contribution in [2.24, 2.45) is 0 Å². The molecule has 0 bridgehead atoms. The highest BCUT2D eigenvalue weighted by molar-refractivity contribution is 5.18. The van der Waals surface area contributed by atoms with E-state index in [1.54, 1.807) is 0 Å². The summed E-state index contributed by atoms with van der Waals surface area (Å²) in [4.78, 5) is 0. The van der Waals surface area contributed by atoms with Crippen molar-refractivity contribution in [3.05, 3.63) is 71.8 Å². The van der Waals surface area contributed by atoms with Crippen molar-refractivity contribution in [1.29, 1.82) is 0 Å². The smallest absolute Gasteiger partial charge is 0.0296 e. The molecule has 2 unspecified atom stereocenters. The van der Waals surface area contributed by atoms with Crippen molar-refractivity contribution in [2.45, 2.75) is 64.7 Å². The summed E-state index contributed by atoms with van der Waals surface area (Å²) in [5.41, 5.74) is 2.82. The summed E-state index contributed by atoms with van der Waals surface area (Å²) in [6, 6.07) is 22.2. The van der Waals surface area contributed by atoms with Crippen molar-refractivity contribution in [1.82, 2.24) is 10.6 Å². The molecule has 0 aliphatic rings. The summed E-state index contributed by atoms with van der Waals surface area (Å²) in [6.45, 7) is 10.1. The van der Waals surface area contributed by atoms with E-state index in [1.165, 1.54) is 11.1 Å². The number of nitrogens with one attached hydrogen (secondary N) is 2. The van der Waals surface area contributed by atoms with Gasteiger partial charge in [0.05, 0.1) is 0 Å². The highest BCUT2D eigenvalue weighted by Crippen LogP contribution is 2.20. The maximum atomic E-state index is 3.77. The van der Waals surface area contributed by atoms with Crippen molar-refractivity contribution >= 4 is 0 Å². The van der Waals surface area contributed by atoms with Crippen LogP contribution in [0.2, 0.25) is 0 Å². The fourth-order valence-corrected chi connectivity index (χ4v) is 3.05. The number of rotatable bonds is 9. The summed E-state index contributed by atoms with van der Waals surface area (Å²) < 4.78 is 0. The molecule has 0 aliphatic carbocycles. The fourth-order valence-electron chi connectivity index (χ4n) is 3.05. The van der Waals surface area contributed by atoms with Crippen molar-refractivity contribution in [2.75, 3.05) is 0 Å². The topological polar surface area (TPSA) is 24.1 Å². The van der Waals surface area contributed by atoms with Crippen LogP contribution in [0.3, 0.4) is 0 Å². The van der Waals surface area contributed by atoms with E-state index in [4.69, 9.17) is 0 Å². The van der Waals surface area contributed by atoms with Crippen LogP contribution in [-0.4, -0.2) is 11.6 Å². The summed E-state index contributed by atoms with van der Waals surface area (Å²) in [5.74, 6) is 0. The monoisotopic (exact) mass is 324 g/mol. The van der Waals surface area contributed by atoms with Crippen LogP contribution < -0.4 is 10.6 Å². The van der Waals surface area contributed by atoms with Crippen LogP contribution in [0, 0.1) is 0 Å². The third-order valence-corrected chi connectivity index (χ3v) is 4.61. The molecule has 0 radical (unpaired) electrons. The molecule has 2 atom stereocenters. The number of hydrogen-bond donors (Lipinski definition) is 2. The maximum Gasteiger partial charge on any atom is 0.0296 e. The van der Waals surface area contributed by atoms with Crippen molar-refractivity contribution < 1.29 is 0 Å². The van der Waals surface area contributed by atoms with Crippen LogP contribution in [0.25, 0.3) is 0 Å². The highest BCUT2D eigenvalue weighted by Gasteiger charge is 2.21. The predicted octanol–water partition coefficient (Wildman–Crippen LogP) is 5.07. The van der Waals surface area contributed by atoms with Gasteiger partial charge < -0.3 is 10.6 Å². The van der Waals surface area contributed by atoms with Gasteiger partial charge in [0.1, 0.15) is 0 Å². The van der Waals surface area contributed by atoms with E-state index < -0.39 is 0 Å². The first-order chi connectivity index (χ1) is 11.5. The molecule has 24 heavy (non-hydrogen) atoms. The second-order valence-corrected chi connectivity index (χ2v) is 7.47. The molecule has 2 aromatic rings. The SMILES string of the molecule is CC(CCC(C)(C)NC(C)c1ccccc1)NCc1ccccc1. The lowest BCUT2D eigenvalue weighted by atomic mass is 9.93. The molecular weight excluding hydrogens is 292 g/mol. The Balaban J connectivity index is 1.75. The van der Waals surface area contributed by atoms with Gasteiger partial charge in [0.2, 0.25) is 0 Å². The molecule has 0 saturated heterocycles. The first-order valence-corrected chi connectivity index (χ1v) is 9.06. The molecule has 0 saturated carbocycles. The minimum atomic E-state index is 0.123. The number of benzene rings is 2. The third-order valence-electron chi connectivity index (χ3n) is 4.61. The summed E-state index contributed by atoms with van der Waals surface area (Å²) in [5, 5.41) is 7.40. The van der Waals surface area contributed by atoms with Gasteiger partial charge in [0, 0.05) is 24.2 Å². The molecule has 2 rings (SSSR count). The van der Waals surface area contributed by atoms with Gasteiger partial charge in [0.15, 0.2) is 0 Å². The zero-order valence-electron chi connectivity index (χ0n) is 15.5. The largest absolute Gasteiger partial charge is 0.310 e. The summed E-state index contributed by atoms with van der Waals surface area (Å²) in [6.07, 6.45) is 2.31. The van der Waals surface area contributed by atoms with Crippen LogP contribution in [0.5, 0.6) is 0 Å². The maximum absolute atomic E-state index is 3.77. The molecule has 2 aromatic carbocycles. The van der Waals surface area contributed by atoms with Gasteiger partial charge in [-0.1, -0.05) is 60.7 Å². The van der Waals surface area contributed by atoms with Crippen LogP contribution in [-0.2, 0) is 6.54 Å². The van der Waals surface area contributed by atoms with E-state index in [1.807, 2.05) is 0 Å². The third kappa shape index (κ3) is 6.46. The summed E-state index contributed by atoms with van der Waals surface area (Å²) in [7, 11) is 0. The zero-order valence-corrected chi connectivity index (χ0v) is 15.5. The lowest BCUT2D eigenvalue weighted by Crippen LogP contribution is -2.42. The molecule has 0 spiro atoms. The molecule has 2 heteroatoms. The average Bonchev–Trinajstić information content (AvgIpc) is 2.59. The van der Waals surface area contributed by atoms with Crippen LogP contribution in [0.4, 0.5) is 0 Å². The second-order valence-electron chi connectivity index (χ2n) is 7.47. The van der Waals surface area contributed by atoms with Gasteiger partial charge in [-0.05, 0) is 51.7 Å². The minimum absolute atomic E-state index is 0.123. The van der Waals surface area contributed by atoms with Gasteiger partial charge in [-0.25, -0.2) is 0 Å². The standard InChI is InChI=1S/C22H32N2/c1-18(23-17-20-11-7-5-8-12-20)15-16-22(3,4)24-19(2)21-13-9-6-10-14-21/h5-14,18-19,23-24H,15-17H2,1-4H3. The minimum Gasteiger partial charge on any atom is -0.310 e. The van der Waals surface area contributed by atoms with E-state index in [2.05, 4.69) is 99.0 Å². The van der Waals surface area contributed by atoms with E-state index in [-0.39, 0.29) is 5.54 Å². The van der Waals surface area contributed by atoms with Gasteiger partial charge >= 0.3 is 0 Å². The number of hydrogen-bond acceptors (Lipinski definition) is 2. The van der Waals surface area contributed by atoms with Crippen LogP contribution in [0.15, 0.2) is 60.7 Å². The molecule has 0 aliphatic heterocycles. The Morgan fingerprint density at radius 3 is 2.08 bits per heavy atom. The zero-order chi connectivity index (χ0) is 17.4. The van der Waals surface area contributed by atoms with Crippen LogP contribution >= 0.6 is 0 Å². The molecular formula is C22H32N2. The molecule has 2 N–H and O–H groups in total. The average molecular weight is 325 g/mol. The van der Waals surface area contributed by atoms with Gasteiger partial charge in [0.25, 0.3) is 0 Å². The molecule has 0 fully saturated rings. The van der Waals surface area contributed by atoms with Gasteiger partial charge in [-0.3, -0.25) is 0 Å². The van der Waals surface area contributed by atoms with Crippen molar-refractivity contribution in [3.8, 4) is 0 Å². The van der Waals surface area contributed by atoms with Gasteiger partial charge in [-0.15, -0.1) is 0 Å². The Bertz CT molecular complexity index is 577. The van der Waals surface area contributed by atoms with E-state index in [0.717, 1.165) is 19.4 Å².